The fourth-order valence-corrected chi connectivity index (χ4v) is 5.71. The van der Waals surface area contributed by atoms with E-state index in [-0.39, 0.29) is 6.42 Å². The maximum atomic E-state index is 11.0. The quantitative estimate of drug-likeness (QED) is 0.446. The number of nitrogens with zero attached hydrogens (tertiary/aromatic N) is 4. The number of aliphatic carboxylic acids is 1. The first kappa shape index (κ1) is 26.0. The zero-order chi connectivity index (χ0) is 25.8. The van der Waals surface area contributed by atoms with Crippen LogP contribution < -0.4 is 14.5 Å². The Hall–Kier alpha value is -3.10. The zero-order valence-electron chi connectivity index (χ0n) is 21.8. The zero-order valence-corrected chi connectivity index (χ0v) is 22.6. The molecule has 1 aliphatic rings. The molecule has 192 valence electrons. The second-order valence-electron chi connectivity index (χ2n) is 9.81. The molecule has 8 heteroatoms. The van der Waals surface area contributed by atoms with Gasteiger partial charge >= 0.3 is 5.97 Å². The molecule has 3 aromatic rings. The third-order valence-corrected chi connectivity index (χ3v) is 7.83. The topological polar surface area (TPSA) is 69.1 Å². The van der Waals surface area contributed by atoms with Crippen molar-refractivity contribution in [1.29, 1.82) is 0 Å². The number of piperazine rings is 1. The first-order valence-corrected chi connectivity index (χ1v) is 13.2. The van der Waals surface area contributed by atoms with Crippen LogP contribution in [0.2, 0.25) is 0 Å². The van der Waals surface area contributed by atoms with Gasteiger partial charge in [-0.3, -0.25) is 9.69 Å². The average Bonchev–Trinajstić information content (AvgIpc) is 3.33. The van der Waals surface area contributed by atoms with E-state index in [2.05, 4.69) is 66.9 Å². The molecule has 1 saturated heterocycles. The summed E-state index contributed by atoms with van der Waals surface area (Å²) in [6.45, 7) is 9.73. The summed E-state index contributed by atoms with van der Waals surface area (Å²) in [5, 5.41) is 10.1. The summed E-state index contributed by atoms with van der Waals surface area (Å²) in [4.78, 5) is 24.0. The molecule has 0 radical (unpaired) electrons. The van der Waals surface area contributed by atoms with Gasteiger partial charge in [0.1, 0.15) is 12.4 Å². The second-order valence-corrected chi connectivity index (χ2v) is 10.8. The summed E-state index contributed by atoms with van der Waals surface area (Å²) in [6.07, 6.45) is 2.00. The Morgan fingerprint density at radius 2 is 1.92 bits per heavy atom. The summed E-state index contributed by atoms with van der Waals surface area (Å²) in [5.41, 5.74) is 4.16. The van der Waals surface area contributed by atoms with E-state index in [1.807, 2.05) is 31.3 Å². The molecular formula is C28H36N4O3S. The van der Waals surface area contributed by atoms with Gasteiger partial charge in [0.05, 0.1) is 11.3 Å². The highest BCUT2D eigenvalue weighted by Crippen LogP contribution is 2.34. The fourth-order valence-electron chi connectivity index (χ4n) is 4.78. The van der Waals surface area contributed by atoms with Gasteiger partial charge < -0.3 is 19.6 Å². The Bertz CT molecular complexity index is 1180. The van der Waals surface area contributed by atoms with E-state index in [0.29, 0.717) is 18.7 Å². The van der Waals surface area contributed by atoms with E-state index in [1.54, 1.807) is 11.3 Å². The Kier molecular flexibility index (Phi) is 8.16. The number of hydrogen-bond donors (Lipinski definition) is 1. The van der Waals surface area contributed by atoms with Crippen LogP contribution in [0.1, 0.15) is 25.0 Å². The number of aryl methyl sites for hydroxylation is 1. The third-order valence-electron chi connectivity index (χ3n) is 6.73. The highest BCUT2D eigenvalue weighted by molar-refractivity contribution is 7.18. The summed E-state index contributed by atoms with van der Waals surface area (Å²) in [7, 11) is 4.12. The van der Waals surface area contributed by atoms with Crippen molar-refractivity contribution < 1.29 is 14.6 Å². The van der Waals surface area contributed by atoms with Crippen LogP contribution in [0.4, 0.5) is 10.8 Å². The summed E-state index contributed by atoms with van der Waals surface area (Å²) in [6, 6.07) is 14.9. The molecule has 0 unspecified atom stereocenters. The van der Waals surface area contributed by atoms with Gasteiger partial charge in [0.2, 0.25) is 0 Å². The molecule has 1 N–H and O–H groups in total. The summed E-state index contributed by atoms with van der Waals surface area (Å²) in [5.74, 6) is -0.0684. The third kappa shape index (κ3) is 6.17. The standard InChI is InChI=1S/C28H36N4O3S/c1-19-9-10-22(14-27(33)34)13-25(19)35-12-11-32-20(2)17-31(18-21(32)3)28-29-16-26(36-28)23-7-6-8-24(15-23)30(4)5/h6-10,13,15-16,20-21H,11-12,14,17-18H2,1-5H3,(H,33,34)/t20-,21+. The molecule has 0 aliphatic carbocycles. The number of ether oxygens (including phenoxy) is 1. The van der Waals surface area contributed by atoms with Gasteiger partial charge in [0, 0.05) is 57.7 Å². The van der Waals surface area contributed by atoms with Crippen LogP contribution in [-0.4, -0.2) is 73.4 Å². The molecule has 1 aliphatic heterocycles. The number of carbonyl (C=O) groups is 1. The van der Waals surface area contributed by atoms with E-state index in [9.17, 15) is 4.79 Å². The average molecular weight is 509 g/mol. The van der Waals surface area contributed by atoms with Gasteiger partial charge in [-0.2, -0.15) is 0 Å². The second kappa shape index (κ2) is 11.3. The van der Waals surface area contributed by atoms with Gasteiger partial charge in [-0.1, -0.05) is 35.6 Å². The lowest BCUT2D eigenvalue weighted by Crippen LogP contribution is -2.57. The van der Waals surface area contributed by atoms with Crippen molar-refractivity contribution in [3.05, 3.63) is 59.8 Å². The van der Waals surface area contributed by atoms with Crippen molar-refractivity contribution in [3.63, 3.8) is 0 Å². The van der Waals surface area contributed by atoms with E-state index in [1.165, 1.54) is 16.1 Å². The largest absolute Gasteiger partial charge is 0.492 e. The van der Waals surface area contributed by atoms with Crippen LogP contribution in [0.5, 0.6) is 5.75 Å². The molecule has 1 aromatic heterocycles. The Labute approximate surface area is 217 Å². The SMILES string of the molecule is Cc1ccc(CC(=O)O)cc1OCCN1[C@H](C)CN(c2ncc(-c3cccc(N(C)C)c3)s2)C[C@@H]1C. The lowest BCUT2D eigenvalue weighted by molar-refractivity contribution is -0.136. The van der Waals surface area contributed by atoms with Crippen molar-refractivity contribution in [2.75, 3.05) is 50.1 Å². The van der Waals surface area contributed by atoms with Crippen LogP contribution >= 0.6 is 11.3 Å². The van der Waals surface area contributed by atoms with Gasteiger partial charge in [-0.15, -0.1) is 0 Å². The highest BCUT2D eigenvalue weighted by atomic mass is 32.1. The van der Waals surface area contributed by atoms with E-state index in [4.69, 9.17) is 14.8 Å². The minimum atomic E-state index is -0.834. The molecule has 2 atom stereocenters. The first-order valence-electron chi connectivity index (χ1n) is 12.4. The van der Waals surface area contributed by atoms with Crippen LogP contribution in [0.3, 0.4) is 0 Å². The molecule has 0 spiro atoms. The fraction of sp³-hybridized carbons (Fsp3) is 0.429. The molecule has 0 bridgehead atoms. The molecular weight excluding hydrogens is 472 g/mol. The smallest absolute Gasteiger partial charge is 0.307 e. The first-order chi connectivity index (χ1) is 17.2. The molecule has 0 saturated carbocycles. The number of rotatable bonds is 9. The van der Waals surface area contributed by atoms with Crippen LogP contribution in [0.15, 0.2) is 48.7 Å². The molecule has 36 heavy (non-hydrogen) atoms. The lowest BCUT2D eigenvalue weighted by atomic mass is 10.1. The number of aromatic nitrogens is 1. The predicted molar refractivity (Wildman–Crippen MR) is 148 cm³/mol. The number of anilines is 2. The number of thiazole rings is 1. The normalized spacial score (nSPS) is 18.3. The monoisotopic (exact) mass is 508 g/mol. The number of carboxylic acids is 1. The molecule has 2 aromatic carbocycles. The van der Waals surface area contributed by atoms with E-state index < -0.39 is 5.97 Å². The van der Waals surface area contributed by atoms with Gasteiger partial charge in [0.15, 0.2) is 5.13 Å². The Morgan fingerprint density at radius 1 is 1.17 bits per heavy atom. The Balaban J connectivity index is 1.35. The Morgan fingerprint density at radius 3 is 2.61 bits per heavy atom. The predicted octanol–water partition coefficient (Wildman–Crippen LogP) is 4.79. The molecule has 2 heterocycles. The minimum Gasteiger partial charge on any atom is -0.492 e. The minimum absolute atomic E-state index is 0.00618. The highest BCUT2D eigenvalue weighted by Gasteiger charge is 2.30. The molecule has 7 nitrogen and oxygen atoms in total. The van der Waals surface area contributed by atoms with Gasteiger partial charge in [0.25, 0.3) is 0 Å². The maximum absolute atomic E-state index is 11.0. The van der Waals surface area contributed by atoms with Crippen LogP contribution in [0.25, 0.3) is 10.4 Å². The van der Waals surface area contributed by atoms with Crippen molar-refractivity contribution in [2.24, 2.45) is 0 Å². The van der Waals surface area contributed by atoms with Crippen molar-refractivity contribution in [2.45, 2.75) is 39.3 Å². The molecule has 4 rings (SSSR count). The van der Waals surface area contributed by atoms with Crippen molar-refractivity contribution in [3.8, 4) is 16.2 Å². The summed E-state index contributed by atoms with van der Waals surface area (Å²) < 4.78 is 6.09. The number of carboxylic acid groups (broad SMARTS) is 1. The molecule has 1 fully saturated rings. The van der Waals surface area contributed by atoms with E-state index >= 15 is 0 Å². The summed E-state index contributed by atoms with van der Waals surface area (Å²) >= 11 is 1.75. The number of hydrogen-bond acceptors (Lipinski definition) is 7. The van der Waals surface area contributed by atoms with Gasteiger partial charge in [-0.25, -0.2) is 4.98 Å². The van der Waals surface area contributed by atoms with Crippen LogP contribution in [-0.2, 0) is 11.2 Å². The molecule has 0 amide bonds. The lowest BCUT2D eigenvalue weighted by Gasteiger charge is -2.44. The van der Waals surface area contributed by atoms with E-state index in [0.717, 1.165) is 41.6 Å². The van der Waals surface area contributed by atoms with Gasteiger partial charge in [-0.05, 0) is 55.7 Å². The maximum Gasteiger partial charge on any atom is 0.307 e. The van der Waals surface area contributed by atoms with Crippen LogP contribution in [0, 0.1) is 6.92 Å². The van der Waals surface area contributed by atoms with Crippen molar-refractivity contribution >= 4 is 28.1 Å². The van der Waals surface area contributed by atoms with Crippen molar-refractivity contribution in [1.82, 2.24) is 9.88 Å². The number of benzene rings is 2.